The summed E-state index contributed by atoms with van der Waals surface area (Å²) in [4.78, 5) is 15.5. The molecule has 0 aliphatic carbocycles. The van der Waals surface area contributed by atoms with E-state index in [0.717, 1.165) is 75.1 Å². The number of rotatable bonds is 5. The Morgan fingerprint density at radius 1 is 1.19 bits per heavy atom. The van der Waals surface area contributed by atoms with Gasteiger partial charge in [0, 0.05) is 56.7 Å². The zero-order valence-electron chi connectivity index (χ0n) is 15.8. The largest absolute Gasteiger partial charge is 0.490 e. The second-order valence-corrected chi connectivity index (χ2v) is 7.25. The van der Waals surface area contributed by atoms with Crippen LogP contribution in [-0.4, -0.2) is 53.4 Å². The molecule has 144 valence electrons. The quantitative estimate of drug-likeness (QED) is 0.869. The number of aryl methyl sites for hydroxylation is 1. The number of ether oxygens (including phenoxy) is 2. The highest BCUT2D eigenvalue weighted by Crippen LogP contribution is 2.24. The standard InChI is InChI=1S/C20H27N5O2/c1-15-13-21-8-4-18(15)27-17-6-10-25(11-7-17)20-22-9-5-19(24-20)23-16-3-2-12-26-14-16/h4-5,8-9,13,16-17H,2-3,6-7,10-12,14H2,1H3,(H,22,23,24). The average Bonchev–Trinajstić information content (AvgIpc) is 2.71. The zero-order valence-corrected chi connectivity index (χ0v) is 15.8. The molecule has 27 heavy (non-hydrogen) atoms. The van der Waals surface area contributed by atoms with Crippen molar-refractivity contribution in [2.75, 3.05) is 36.5 Å². The Labute approximate surface area is 160 Å². The minimum absolute atomic E-state index is 0.225. The second kappa shape index (κ2) is 8.52. The molecule has 7 nitrogen and oxygen atoms in total. The molecule has 1 atom stereocenters. The number of piperidine rings is 1. The van der Waals surface area contributed by atoms with E-state index < -0.39 is 0 Å². The van der Waals surface area contributed by atoms with Crippen LogP contribution in [0.2, 0.25) is 0 Å². The SMILES string of the molecule is Cc1cnccc1OC1CCN(c2nccc(NC3CCCOC3)n2)CC1. The molecule has 0 spiro atoms. The normalized spacial score (nSPS) is 21.1. The first-order chi connectivity index (χ1) is 13.3. The van der Waals surface area contributed by atoms with Crippen LogP contribution < -0.4 is 15.0 Å². The van der Waals surface area contributed by atoms with E-state index in [1.54, 1.807) is 6.20 Å². The van der Waals surface area contributed by atoms with Crippen LogP contribution in [0.25, 0.3) is 0 Å². The van der Waals surface area contributed by atoms with Crippen LogP contribution >= 0.6 is 0 Å². The number of nitrogens with zero attached hydrogens (tertiary/aromatic N) is 4. The van der Waals surface area contributed by atoms with E-state index in [9.17, 15) is 0 Å². The molecule has 0 aromatic carbocycles. The van der Waals surface area contributed by atoms with E-state index >= 15 is 0 Å². The Kier molecular flexibility index (Phi) is 5.67. The number of hydrogen-bond acceptors (Lipinski definition) is 7. The lowest BCUT2D eigenvalue weighted by molar-refractivity contribution is 0.0875. The van der Waals surface area contributed by atoms with Crippen molar-refractivity contribution in [3.05, 3.63) is 36.3 Å². The topological polar surface area (TPSA) is 72.4 Å². The van der Waals surface area contributed by atoms with Gasteiger partial charge in [0.25, 0.3) is 0 Å². The molecule has 2 aromatic heterocycles. The zero-order chi connectivity index (χ0) is 18.5. The van der Waals surface area contributed by atoms with E-state index in [1.807, 2.05) is 31.5 Å². The summed E-state index contributed by atoms with van der Waals surface area (Å²) in [7, 11) is 0. The average molecular weight is 369 g/mol. The van der Waals surface area contributed by atoms with Gasteiger partial charge in [0.2, 0.25) is 5.95 Å². The van der Waals surface area contributed by atoms with Gasteiger partial charge in [0.15, 0.2) is 0 Å². The van der Waals surface area contributed by atoms with Crippen molar-refractivity contribution in [1.29, 1.82) is 0 Å². The minimum atomic E-state index is 0.225. The first-order valence-electron chi connectivity index (χ1n) is 9.77. The monoisotopic (exact) mass is 369 g/mol. The Morgan fingerprint density at radius 3 is 2.85 bits per heavy atom. The Balaban J connectivity index is 1.32. The molecule has 2 aromatic rings. The molecule has 2 aliphatic heterocycles. The maximum absolute atomic E-state index is 6.16. The fourth-order valence-corrected chi connectivity index (χ4v) is 3.59. The Bertz CT molecular complexity index is 743. The maximum Gasteiger partial charge on any atom is 0.227 e. The van der Waals surface area contributed by atoms with Crippen molar-refractivity contribution in [3.63, 3.8) is 0 Å². The van der Waals surface area contributed by atoms with Crippen LogP contribution in [0.5, 0.6) is 5.75 Å². The maximum atomic E-state index is 6.16. The van der Waals surface area contributed by atoms with Crippen LogP contribution in [0.4, 0.5) is 11.8 Å². The molecular formula is C20H27N5O2. The molecule has 0 bridgehead atoms. The minimum Gasteiger partial charge on any atom is -0.490 e. The summed E-state index contributed by atoms with van der Waals surface area (Å²) < 4.78 is 11.7. The number of nitrogens with one attached hydrogen (secondary N) is 1. The molecule has 4 heterocycles. The highest BCUT2D eigenvalue weighted by atomic mass is 16.5. The number of aromatic nitrogens is 3. The molecule has 0 saturated carbocycles. The van der Waals surface area contributed by atoms with Gasteiger partial charge in [0.05, 0.1) is 12.6 Å². The Hall–Kier alpha value is -2.41. The molecule has 2 aliphatic rings. The van der Waals surface area contributed by atoms with Crippen LogP contribution in [0.1, 0.15) is 31.2 Å². The van der Waals surface area contributed by atoms with Gasteiger partial charge in [-0.2, -0.15) is 4.98 Å². The first-order valence-corrected chi connectivity index (χ1v) is 9.77. The lowest BCUT2D eigenvalue weighted by atomic mass is 10.1. The van der Waals surface area contributed by atoms with Crippen molar-refractivity contribution in [3.8, 4) is 5.75 Å². The molecule has 2 saturated heterocycles. The summed E-state index contributed by atoms with van der Waals surface area (Å²) in [5.41, 5.74) is 1.08. The lowest BCUT2D eigenvalue weighted by Gasteiger charge is -2.32. The molecule has 2 fully saturated rings. The van der Waals surface area contributed by atoms with E-state index in [1.165, 1.54) is 0 Å². The lowest BCUT2D eigenvalue weighted by Crippen LogP contribution is -2.39. The molecule has 0 amide bonds. The van der Waals surface area contributed by atoms with Crippen molar-refractivity contribution in [2.45, 2.75) is 44.8 Å². The summed E-state index contributed by atoms with van der Waals surface area (Å²) in [6.45, 7) is 5.43. The van der Waals surface area contributed by atoms with Gasteiger partial charge in [0.1, 0.15) is 17.7 Å². The van der Waals surface area contributed by atoms with Crippen molar-refractivity contribution < 1.29 is 9.47 Å². The van der Waals surface area contributed by atoms with Crippen molar-refractivity contribution in [2.24, 2.45) is 0 Å². The van der Waals surface area contributed by atoms with Crippen LogP contribution in [0, 0.1) is 6.92 Å². The number of anilines is 2. The van der Waals surface area contributed by atoms with Gasteiger partial charge in [-0.25, -0.2) is 4.98 Å². The van der Waals surface area contributed by atoms with Gasteiger partial charge in [-0.15, -0.1) is 0 Å². The van der Waals surface area contributed by atoms with Crippen molar-refractivity contribution >= 4 is 11.8 Å². The van der Waals surface area contributed by atoms with Crippen LogP contribution in [-0.2, 0) is 4.74 Å². The van der Waals surface area contributed by atoms with Gasteiger partial charge in [-0.1, -0.05) is 0 Å². The van der Waals surface area contributed by atoms with E-state index in [-0.39, 0.29) is 6.10 Å². The fourth-order valence-electron chi connectivity index (χ4n) is 3.59. The third-order valence-corrected chi connectivity index (χ3v) is 5.14. The van der Waals surface area contributed by atoms with E-state index in [0.29, 0.717) is 6.04 Å². The van der Waals surface area contributed by atoms with Crippen LogP contribution in [0.15, 0.2) is 30.7 Å². The molecule has 1 N–H and O–H groups in total. The third kappa shape index (κ3) is 4.66. The summed E-state index contributed by atoms with van der Waals surface area (Å²) >= 11 is 0. The van der Waals surface area contributed by atoms with Gasteiger partial charge in [-0.05, 0) is 31.9 Å². The molecular weight excluding hydrogens is 342 g/mol. The fraction of sp³-hybridized carbons (Fsp3) is 0.550. The molecule has 7 heteroatoms. The number of hydrogen-bond donors (Lipinski definition) is 1. The highest BCUT2D eigenvalue weighted by molar-refractivity contribution is 5.42. The summed E-state index contributed by atoms with van der Waals surface area (Å²) in [6, 6.07) is 4.21. The summed E-state index contributed by atoms with van der Waals surface area (Å²) in [5.74, 6) is 2.59. The second-order valence-electron chi connectivity index (χ2n) is 7.25. The summed E-state index contributed by atoms with van der Waals surface area (Å²) in [5, 5.41) is 3.47. The van der Waals surface area contributed by atoms with Gasteiger partial charge >= 0.3 is 0 Å². The van der Waals surface area contributed by atoms with Crippen LogP contribution in [0.3, 0.4) is 0 Å². The number of pyridine rings is 1. The molecule has 4 rings (SSSR count). The summed E-state index contributed by atoms with van der Waals surface area (Å²) in [6.07, 6.45) is 9.81. The smallest absolute Gasteiger partial charge is 0.227 e. The highest BCUT2D eigenvalue weighted by Gasteiger charge is 2.23. The predicted molar refractivity (Wildman–Crippen MR) is 104 cm³/mol. The molecule has 0 radical (unpaired) electrons. The van der Waals surface area contributed by atoms with E-state index in [2.05, 4.69) is 20.2 Å². The predicted octanol–water partition coefficient (Wildman–Crippen LogP) is 2.82. The van der Waals surface area contributed by atoms with Gasteiger partial charge in [-0.3, -0.25) is 4.98 Å². The van der Waals surface area contributed by atoms with Gasteiger partial charge < -0.3 is 19.7 Å². The Morgan fingerprint density at radius 2 is 2.07 bits per heavy atom. The third-order valence-electron chi connectivity index (χ3n) is 5.14. The van der Waals surface area contributed by atoms with Crippen molar-refractivity contribution in [1.82, 2.24) is 15.0 Å². The first kappa shape index (κ1) is 18.0. The van der Waals surface area contributed by atoms with E-state index in [4.69, 9.17) is 14.5 Å². The molecule has 1 unspecified atom stereocenters.